The summed E-state index contributed by atoms with van der Waals surface area (Å²) in [5.41, 5.74) is 3.12. The van der Waals surface area contributed by atoms with Gasteiger partial charge in [-0.15, -0.1) is 0 Å². The molecule has 3 aromatic rings. The van der Waals surface area contributed by atoms with E-state index in [1.54, 1.807) is 48.5 Å². The van der Waals surface area contributed by atoms with Crippen LogP contribution in [0, 0.1) is 13.8 Å². The molecule has 0 aliphatic carbocycles. The van der Waals surface area contributed by atoms with Gasteiger partial charge in [-0.2, -0.15) is 4.98 Å². The van der Waals surface area contributed by atoms with Crippen LogP contribution in [0.1, 0.15) is 18.2 Å². The average Bonchev–Trinajstić information content (AvgIpc) is 2.63. The van der Waals surface area contributed by atoms with Crippen LogP contribution >= 0.6 is 0 Å². The predicted molar refractivity (Wildman–Crippen MR) is 113 cm³/mol. The van der Waals surface area contributed by atoms with Crippen molar-refractivity contribution in [1.29, 1.82) is 0 Å². The molecule has 0 amide bonds. The van der Waals surface area contributed by atoms with Crippen molar-refractivity contribution in [2.75, 3.05) is 21.9 Å². The van der Waals surface area contributed by atoms with Crippen LogP contribution in [0.5, 0.6) is 0 Å². The molecule has 3 rings (SSSR count). The molecule has 1 aromatic heterocycles. The zero-order chi connectivity index (χ0) is 20.1. The van der Waals surface area contributed by atoms with Gasteiger partial charge in [0.1, 0.15) is 5.82 Å². The van der Waals surface area contributed by atoms with Gasteiger partial charge in [0.15, 0.2) is 0 Å². The second-order valence-corrected chi connectivity index (χ2v) is 8.05. The van der Waals surface area contributed by atoms with Crippen molar-refractivity contribution in [2.45, 2.75) is 25.7 Å². The van der Waals surface area contributed by atoms with Gasteiger partial charge in [0.25, 0.3) is 10.0 Å². The highest BCUT2D eigenvalue weighted by atomic mass is 32.2. The van der Waals surface area contributed by atoms with Gasteiger partial charge in [0.2, 0.25) is 5.95 Å². The molecule has 0 bridgehead atoms. The Morgan fingerprint density at radius 2 is 1.54 bits per heavy atom. The van der Waals surface area contributed by atoms with Crippen LogP contribution in [0.3, 0.4) is 0 Å². The number of rotatable bonds is 7. The van der Waals surface area contributed by atoms with Crippen LogP contribution in [0.15, 0.2) is 59.5 Å². The standard InChI is InChI=1S/C20H23N5O2S/c1-4-21-20-22-15(3)13-19(24-20)23-16-7-9-17(10-8-16)25-28(26,27)18-11-5-14(2)6-12-18/h5-13,25H,4H2,1-3H3,(H2,21,22,23,24). The van der Waals surface area contributed by atoms with Crippen molar-refractivity contribution in [1.82, 2.24) is 9.97 Å². The van der Waals surface area contributed by atoms with E-state index in [-0.39, 0.29) is 4.90 Å². The topological polar surface area (TPSA) is 96.0 Å². The van der Waals surface area contributed by atoms with Gasteiger partial charge in [-0.25, -0.2) is 13.4 Å². The number of nitrogens with one attached hydrogen (secondary N) is 3. The van der Waals surface area contributed by atoms with Gasteiger partial charge >= 0.3 is 0 Å². The van der Waals surface area contributed by atoms with E-state index in [2.05, 4.69) is 25.3 Å². The fourth-order valence-electron chi connectivity index (χ4n) is 2.57. The van der Waals surface area contributed by atoms with E-state index in [1.165, 1.54) is 0 Å². The first kappa shape index (κ1) is 19.6. The number of aromatic nitrogens is 2. The van der Waals surface area contributed by atoms with Gasteiger partial charge in [-0.3, -0.25) is 4.72 Å². The Labute approximate surface area is 165 Å². The predicted octanol–water partition coefficient (Wildman–Crippen LogP) is 4.07. The molecule has 0 saturated heterocycles. The van der Waals surface area contributed by atoms with Gasteiger partial charge in [-0.1, -0.05) is 17.7 Å². The molecule has 146 valence electrons. The molecule has 0 unspecified atom stereocenters. The third-order valence-electron chi connectivity index (χ3n) is 3.93. The maximum atomic E-state index is 12.5. The van der Waals surface area contributed by atoms with Crippen LogP contribution in [0.25, 0.3) is 0 Å². The summed E-state index contributed by atoms with van der Waals surface area (Å²) in [5.74, 6) is 1.23. The number of benzene rings is 2. The lowest BCUT2D eigenvalue weighted by molar-refractivity contribution is 0.601. The molecule has 0 spiro atoms. The second-order valence-electron chi connectivity index (χ2n) is 6.37. The fraction of sp³-hybridized carbons (Fsp3) is 0.200. The van der Waals surface area contributed by atoms with Gasteiger partial charge < -0.3 is 10.6 Å². The van der Waals surface area contributed by atoms with E-state index >= 15 is 0 Å². The molecule has 28 heavy (non-hydrogen) atoms. The summed E-state index contributed by atoms with van der Waals surface area (Å²) in [6.07, 6.45) is 0. The molecule has 8 heteroatoms. The molecule has 3 N–H and O–H groups in total. The molecule has 1 heterocycles. The molecule has 0 saturated carbocycles. The van der Waals surface area contributed by atoms with E-state index < -0.39 is 10.0 Å². The summed E-state index contributed by atoms with van der Waals surface area (Å²) < 4.78 is 27.5. The van der Waals surface area contributed by atoms with E-state index in [1.807, 2.05) is 26.8 Å². The van der Waals surface area contributed by atoms with E-state index in [9.17, 15) is 8.42 Å². The maximum Gasteiger partial charge on any atom is 0.261 e. The largest absolute Gasteiger partial charge is 0.354 e. The summed E-state index contributed by atoms with van der Waals surface area (Å²) in [7, 11) is -3.62. The van der Waals surface area contributed by atoms with Crippen molar-refractivity contribution in [3.8, 4) is 0 Å². The lowest BCUT2D eigenvalue weighted by Crippen LogP contribution is -2.12. The minimum Gasteiger partial charge on any atom is -0.354 e. The first-order valence-corrected chi connectivity index (χ1v) is 10.4. The maximum absolute atomic E-state index is 12.5. The summed E-state index contributed by atoms with van der Waals surface area (Å²) in [4.78, 5) is 8.95. The Morgan fingerprint density at radius 3 is 2.18 bits per heavy atom. The Balaban J connectivity index is 1.72. The Kier molecular flexibility index (Phi) is 5.79. The quantitative estimate of drug-likeness (QED) is 0.556. The van der Waals surface area contributed by atoms with Gasteiger partial charge in [-0.05, 0) is 57.2 Å². The van der Waals surface area contributed by atoms with Crippen molar-refractivity contribution >= 4 is 33.2 Å². The van der Waals surface area contributed by atoms with Crippen molar-refractivity contribution in [2.24, 2.45) is 0 Å². The highest BCUT2D eigenvalue weighted by Crippen LogP contribution is 2.21. The molecule has 0 aliphatic heterocycles. The van der Waals surface area contributed by atoms with Gasteiger partial charge in [0.05, 0.1) is 4.90 Å². The molecular weight excluding hydrogens is 374 g/mol. The third kappa shape index (κ3) is 4.98. The molecular formula is C20H23N5O2S. The SMILES string of the molecule is CCNc1nc(C)cc(Nc2ccc(NS(=O)(=O)c3ccc(C)cc3)cc2)n1. The van der Waals surface area contributed by atoms with E-state index in [4.69, 9.17) is 0 Å². The minimum atomic E-state index is -3.62. The Bertz CT molecular complexity index is 1050. The van der Waals surface area contributed by atoms with E-state index in [0.29, 0.717) is 17.5 Å². The first-order valence-electron chi connectivity index (χ1n) is 8.92. The third-order valence-corrected chi connectivity index (χ3v) is 5.33. The number of aryl methyl sites for hydroxylation is 2. The number of anilines is 4. The van der Waals surface area contributed by atoms with Crippen LogP contribution < -0.4 is 15.4 Å². The number of hydrogen-bond acceptors (Lipinski definition) is 6. The zero-order valence-electron chi connectivity index (χ0n) is 16.0. The first-order chi connectivity index (χ1) is 13.4. The van der Waals surface area contributed by atoms with Crippen molar-refractivity contribution in [3.05, 3.63) is 65.9 Å². The lowest BCUT2D eigenvalue weighted by Gasteiger charge is -2.11. The van der Waals surface area contributed by atoms with Crippen LogP contribution in [0.2, 0.25) is 0 Å². The fourth-order valence-corrected chi connectivity index (χ4v) is 3.63. The number of hydrogen-bond donors (Lipinski definition) is 3. The highest BCUT2D eigenvalue weighted by Gasteiger charge is 2.13. The number of sulfonamides is 1. The molecule has 0 aliphatic rings. The summed E-state index contributed by atoms with van der Waals surface area (Å²) in [6.45, 7) is 6.53. The summed E-state index contributed by atoms with van der Waals surface area (Å²) >= 11 is 0. The number of nitrogens with zero attached hydrogens (tertiary/aromatic N) is 2. The van der Waals surface area contributed by atoms with Crippen LogP contribution in [0.4, 0.5) is 23.1 Å². The van der Waals surface area contributed by atoms with E-state index in [0.717, 1.165) is 23.5 Å². The lowest BCUT2D eigenvalue weighted by atomic mass is 10.2. The monoisotopic (exact) mass is 397 g/mol. The summed E-state index contributed by atoms with van der Waals surface area (Å²) in [5, 5.41) is 6.29. The highest BCUT2D eigenvalue weighted by molar-refractivity contribution is 7.92. The van der Waals surface area contributed by atoms with Crippen LogP contribution in [-0.2, 0) is 10.0 Å². The molecule has 7 nitrogen and oxygen atoms in total. The average molecular weight is 398 g/mol. The minimum absolute atomic E-state index is 0.229. The molecule has 0 fully saturated rings. The molecule has 0 radical (unpaired) electrons. The summed E-state index contributed by atoms with van der Waals surface area (Å²) in [6, 6.07) is 15.5. The van der Waals surface area contributed by atoms with Gasteiger partial charge in [0, 0.05) is 29.7 Å². The van der Waals surface area contributed by atoms with Crippen LogP contribution in [-0.4, -0.2) is 24.9 Å². The normalized spacial score (nSPS) is 11.1. The smallest absolute Gasteiger partial charge is 0.261 e. The van der Waals surface area contributed by atoms with Crippen molar-refractivity contribution < 1.29 is 8.42 Å². The van der Waals surface area contributed by atoms with Crippen molar-refractivity contribution in [3.63, 3.8) is 0 Å². The Hall–Kier alpha value is -3.13. The zero-order valence-corrected chi connectivity index (χ0v) is 16.8. The molecule has 0 atom stereocenters. The molecule has 2 aromatic carbocycles. The second kappa shape index (κ2) is 8.26. The Morgan fingerprint density at radius 1 is 0.893 bits per heavy atom.